The van der Waals surface area contributed by atoms with Gasteiger partial charge in [-0.25, -0.2) is 4.79 Å². The summed E-state index contributed by atoms with van der Waals surface area (Å²) in [6, 6.07) is 0.0488. The van der Waals surface area contributed by atoms with Gasteiger partial charge in [-0.15, -0.1) is 0 Å². The van der Waals surface area contributed by atoms with Crippen LogP contribution in [0.15, 0.2) is 0 Å². The van der Waals surface area contributed by atoms with Crippen molar-refractivity contribution in [3.63, 3.8) is 0 Å². The quantitative estimate of drug-likeness (QED) is 0.752. The van der Waals surface area contributed by atoms with Crippen molar-refractivity contribution < 1.29 is 19.1 Å². The van der Waals surface area contributed by atoms with Gasteiger partial charge in [0.1, 0.15) is 5.60 Å². The summed E-state index contributed by atoms with van der Waals surface area (Å²) in [6.07, 6.45) is 1.12. The van der Waals surface area contributed by atoms with Crippen LogP contribution in [0.1, 0.15) is 61.3 Å². The maximum absolute atomic E-state index is 12.7. The van der Waals surface area contributed by atoms with Crippen LogP contribution >= 0.6 is 0 Å². The Kier molecular flexibility index (Phi) is 7.90. The number of ether oxygens (including phenoxy) is 1. The first-order valence-corrected chi connectivity index (χ1v) is 9.57. The van der Waals surface area contributed by atoms with E-state index in [2.05, 4.69) is 10.6 Å². The van der Waals surface area contributed by atoms with E-state index < -0.39 is 23.5 Å². The molecular formula is C19H35N3O4. The number of rotatable bonds is 6. The van der Waals surface area contributed by atoms with E-state index in [1.807, 2.05) is 27.7 Å². The van der Waals surface area contributed by atoms with E-state index in [0.29, 0.717) is 0 Å². The molecule has 1 saturated heterocycles. The van der Waals surface area contributed by atoms with Crippen LogP contribution in [0.25, 0.3) is 0 Å². The lowest BCUT2D eigenvalue weighted by Gasteiger charge is -2.24. The van der Waals surface area contributed by atoms with Gasteiger partial charge >= 0.3 is 6.09 Å². The molecule has 0 unspecified atom stereocenters. The van der Waals surface area contributed by atoms with Gasteiger partial charge in [0, 0.05) is 25.2 Å². The summed E-state index contributed by atoms with van der Waals surface area (Å²) in [5, 5.41) is 5.87. The van der Waals surface area contributed by atoms with Crippen molar-refractivity contribution >= 4 is 17.9 Å². The maximum Gasteiger partial charge on any atom is 0.410 e. The van der Waals surface area contributed by atoms with Gasteiger partial charge in [-0.1, -0.05) is 13.8 Å². The molecule has 1 heterocycles. The highest BCUT2D eigenvalue weighted by atomic mass is 16.6. The van der Waals surface area contributed by atoms with E-state index in [4.69, 9.17) is 4.74 Å². The van der Waals surface area contributed by atoms with Crippen LogP contribution in [-0.2, 0) is 14.3 Å². The van der Waals surface area contributed by atoms with E-state index in [1.165, 1.54) is 4.90 Å². The molecule has 0 saturated carbocycles. The fourth-order valence-electron chi connectivity index (χ4n) is 2.71. The Morgan fingerprint density at radius 3 is 1.65 bits per heavy atom. The Morgan fingerprint density at radius 1 is 0.962 bits per heavy atom. The lowest BCUT2D eigenvalue weighted by molar-refractivity contribution is -0.133. The molecule has 0 spiro atoms. The lowest BCUT2D eigenvalue weighted by Crippen LogP contribution is -2.45. The molecule has 26 heavy (non-hydrogen) atoms. The van der Waals surface area contributed by atoms with Crippen molar-refractivity contribution in [3.05, 3.63) is 0 Å². The van der Waals surface area contributed by atoms with Crippen LogP contribution in [0.2, 0.25) is 0 Å². The number of amides is 3. The number of likely N-dealkylation sites (tertiary alicyclic amines) is 1. The monoisotopic (exact) mass is 369 g/mol. The molecule has 0 radical (unpaired) electrons. The Labute approximate surface area is 157 Å². The third-order valence-corrected chi connectivity index (χ3v) is 4.65. The average molecular weight is 370 g/mol. The predicted molar refractivity (Wildman–Crippen MR) is 101 cm³/mol. The second-order valence-corrected chi connectivity index (χ2v) is 8.23. The van der Waals surface area contributed by atoms with Crippen molar-refractivity contribution in [2.24, 2.45) is 11.8 Å². The minimum atomic E-state index is -0.622. The fraction of sp³-hybridized carbons (Fsp3) is 0.842. The molecule has 7 nitrogen and oxygen atoms in total. The molecule has 1 rings (SSSR count). The van der Waals surface area contributed by atoms with Gasteiger partial charge in [0.15, 0.2) is 0 Å². The summed E-state index contributed by atoms with van der Waals surface area (Å²) in [4.78, 5) is 39.2. The zero-order valence-corrected chi connectivity index (χ0v) is 17.2. The van der Waals surface area contributed by atoms with Gasteiger partial charge in [-0.2, -0.15) is 0 Å². The standard InChI is InChI=1S/C19H35N3O4/c1-8-12(3)20-16(23)14-10-22(18(25)26-19(5,6)7)11-15(14)17(24)21-13(4)9-2/h12-15H,8-11H2,1-7H3,(H,20,23)(H,21,24)/t12-,13+,14-,15-/m0/s1. The third kappa shape index (κ3) is 6.50. The van der Waals surface area contributed by atoms with Gasteiger partial charge < -0.3 is 20.3 Å². The van der Waals surface area contributed by atoms with E-state index in [-0.39, 0.29) is 37.0 Å². The highest BCUT2D eigenvalue weighted by Crippen LogP contribution is 2.26. The molecule has 0 aliphatic carbocycles. The summed E-state index contributed by atoms with van der Waals surface area (Å²) in [6.45, 7) is 13.6. The molecule has 150 valence electrons. The van der Waals surface area contributed by atoms with Crippen LogP contribution in [0.3, 0.4) is 0 Å². The number of carbonyl (C=O) groups excluding carboxylic acids is 3. The molecule has 1 fully saturated rings. The van der Waals surface area contributed by atoms with Crippen LogP contribution in [0.4, 0.5) is 4.79 Å². The lowest BCUT2D eigenvalue weighted by atomic mass is 9.93. The molecule has 7 heteroatoms. The fourth-order valence-corrected chi connectivity index (χ4v) is 2.71. The summed E-state index contributed by atoms with van der Waals surface area (Å²) >= 11 is 0. The average Bonchev–Trinajstić information content (AvgIpc) is 2.98. The van der Waals surface area contributed by atoms with Crippen molar-refractivity contribution in [2.45, 2.75) is 79.0 Å². The Balaban J connectivity index is 2.92. The van der Waals surface area contributed by atoms with Gasteiger partial charge in [0.05, 0.1) is 11.8 Å². The molecule has 4 atom stereocenters. The summed E-state index contributed by atoms with van der Waals surface area (Å²) in [7, 11) is 0. The molecule has 1 aliphatic heterocycles. The zero-order valence-electron chi connectivity index (χ0n) is 17.2. The summed E-state index contributed by atoms with van der Waals surface area (Å²) in [5.74, 6) is -1.51. The first-order valence-electron chi connectivity index (χ1n) is 9.57. The normalized spacial score (nSPS) is 22.5. The second-order valence-electron chi connectivity index (χ2n) is 8.23. The predicted octanol–water partition coefficient (Wildman–Crippen LogP) is 2.30. The van der Waals surface area contributed by atoms with Gasteiger partial charge in [0.25, 0.3) is 0 Å². The van der Waals surface area contributed by atoms with Gasteiger partial charge in [-0.3, -0.25) is 9.59 Å². The molecule has 2 N–H and O–H groups in total. The molecule has 1 aliphatic rings. The third-order valence-electron chi connectivity index (χ3n) is 4.65. The van der Waals surface area contributed by atoms with Crippen molar-refractivity contribution in [1.82, 2.24) is 15.5 Å². The van der Waals surface area contributed by atoms with E-state index in [0.717, 1.165) is 12.8 Å². The maximum atomic E-state index is 12.7. The Hall–Kier alpha value is -1.79. The largest absolute Gasteiger partial charge is 0.444 e. The van der Waals surface area contributed by atoms with Crippen LogP contribution in [0, 0.1) is 11.8 Å². The number of nitrogens with zero attached hydrogens (tertiary/aromatic N) is 1. The molecule has 0 aromatic heterocycles. The topological polar surface area (TPSA) is 87.7 Å². The summed E-state index contributed by atoms with van der Waals surface area (Å²) < 4.78 is 5.41. The minimum absolute atomic E-state index is 0.0244. The van der Waals surface area contributed by atoms with Crippen LogP contribution in [-0.4, -0.2) is 53.6 Å². The zero-order chi connectivity index (χ0) is 20.1. The Morgan fingerprint density at radius 2 is 1.35 bits per heavy atom. The van der Waals surface area contributed by atoms with Crippen LogP contribution in [0.5, 0.6) is 0 Å². The van der Waals surface area contributed by atoms with Gasteiger partial charge in [-0.05, 0) is 47.5 Å². The van der Waals surface area contributed by atoms with E-state index in [9.17, 15) is 14.4 Å². The first kappa shape index (κ1) is 22.3. The van der Waals surface area contributed by atoms with Crippen molar-refractivity contribution in [2.75, 3.05) is 13.1 Å². The molecular weight excluding hydrogens is 334 g/mol. The van der Waals surface area contributed by atoms with Gasteiger partial charge in [0.2, 0.25) is 11.8 Å². The molecule has 0 bridgehead atoms. The van der Waals surface area contributed by atoms with Crippen LogP contribution < -0.4 is 10.6 Å². The second kappa shape index (κ2) is 9.24. The summed E-state index contributed by atoms with van der Waals surface area (Å²) in [5.41, 5.74) is -0.622. The molecule has 0 aromatic carbocycles. The number of carbonyl (C=O) groups is 3. The number of hydrogen-bond acceptors (Lipinski definition) is 4. The smallest absolute Gasteiger partial charge is 0.410 e. The highest BCUT2D eigenvalue weighted by Gasteiger charge is 2.44. The molecule has 0 aromatic rings. The number of hydrogen-bond donors (Lipinski definition) is 2. The SMILES string of the molecule is CC[C@@H](C)NC(=O)[C@H]1CN(C(=O)OC(C)(C)C)C[C@@H]1C(=O)N[C@@H](C)CC. The van der Waals surface area contributed by atoms with Crippen molar-refractivity contribution in [1.29, 1.82) is 0 Å². The minimum Gasteiger partial charge on any atom is -0.444 e. The van der Waals surface area contributed by atoms with E-state index in [1.54, 1.807) is 20.8 Å². The van der Waals surface area contributed by atoms with E-state index >= 15 is 0 Å². The first-order chi connectivity index (χ1) is 12.0. The molecule has 3 amide bonds. The Bertz CT molecular complexity index is 483. The number of nitrogens with one attached hydrogen (secondary N) is 2. The highest BCUT2D eigenvalue weighted by molar-refractivity contribution is 5.90. The van der Waals surface area contributed by atoms with Crippen molar-refractivity contribution in [3.8, 4) is 0 Å².